The average Bonchev–Trinajstić information content (AvgIpc) is 3.47. The van der Waals surface area contributed by atoms with Crippen molar-refractivity contribution in [2.45, 2.75) is 384 Å². The molecule has 1 amide bonds. The van der Waals surface area contributed by atoms with Gasteiger partial charge in [0.15, 0.2) is 6.29 Å². The van der Waals surface area contributed by atoms with Crippen molar-refractivity contribution >= 4 is 11.9 Å². The van der Waals surface area contributed by atoms with Crippen molar-refractivity contribution < 1.29 is 49.3 Å². The van der Waals surface area contributed by atoms with E-state index in [4.69, 9.17) is 14.2 Å². The Morgan fingerprint density at radius 3 is 1.24 bits per heavy atom. The fourth-order valence-electron chi connectivity index (χ4n) is 11.1. The maximum Gasteiger partial charge on any atom is 0.305 e. The van der Waals surface area contributed by atoms with E-state index >= 15 is 0 Å². The highest BCUT2D eigenvalue weighted by molar-refractivity contribution is 5.76. The summed E-state index contributed by atoms with van der Waals surface area (Å²) in [7, 11) is 0. The standard InChI is InChI=1S/C69H131NO10/c1-3-5-7-9-11-13-36-41-45-49-53-57-65(74)78-58-54-50-46-42-38-35-33-31-29-27-25-23-21-19-17-15-16-18-20-22-24-26-28-30-32-34-37-40-44-48-52-56-64(73)70-61(60-79-69-68(77)67(76)66(75)63(59-71)80-69)62(72)55-51-47-43-39-14-12-10-8-6-4-2/h14,39,51,55,61-63,66-69,71-72,75-77H,3-13,15-38,40-50,52-54,56-60H2,1-2H3,(H,70,73)/b39-14+,55-51+. The van der Waals surface area contributed by atoms with Crippen molar-refractivity contribution in [2.24, 2.45) is 0 Å². The molecule has 1 saturated heterocycles. The van der Waals surface area contributed by atoms with E-state index in [0.29, 0.717) is 19.4 Å². The monoisotopic (exact) mass is 1130 g/mol. The molecule has 0 bridgehead atoms. The van der Waals surface area contributed by atoms with Crippen LogP contribution in [0, 0.1) is 0 Å². The number of hydrogen-bond acceptors (Lipinski definition) is 10. The van der Waals surface area contributed by atoms with Gasteiger partial charge in [-0.2, -0.15) is 0 Å². The smallest absolute Gasteiger partial charge is 0.305 e. The minimum atomic E-state index is -1.57. The number of rotatable bonds is 61. The Morgan fingerprint density at radius 2 is 0.812 bits per heavy atom. The molecule has 0 aromatic heterocycles. The molecular formula is C69H131NO10. The lowest BCUT2D eigenvalue weighted by Gasteiger charge is -2.40. The summed E-state index contributed by atoms with van der Waals surface area (Å²) in [5, 5.41) is 54.3. The Hall–Kier alpha value is -1.86. The van der Waals surface area contributed by atoms with Crippen molar-refractivity contribution in [3.63, 3.8) is 0 Å². The van der Waals surface area contributed by atoms with Gasteiger partial charge in [-0.1, -0.05) is 308 Å². The number of hydrogen-bond donors (Lipinski definition) is 6. The number of aliphatic hydroxyl groups excluding tert-OH is 5. The molecule has 0 radical (unpaired) electrons. The molecule has 1 rings (SSSR count). The molecule has 80 heavy (non-hydrogen) atoms. The van der Waals surface area contributed by atoms with Crippen molar-refractivity contribution in [2.75, 3.05) is 19.8 Å². The Bertz CT molecular complexity index is 1380. The van der Waals surface area contributed by atoms with Crippen LogP contribution in [0.1, 0.15) is 341 Å². The van der Waals surface area contributed by atoms with E-state index in [0.717, 1.165) is 51.4 Å². The van der Waals surface area contributed by atoms with E-state index in [2.05, 4.69) is 31.3 Å². The summed E-state index contributed by atoms with van der Waals surface area (Å²) in [5.74, 6) is -0.175. The first-order valence-electron chi connectivity index (χ1n) is 34.6. The van der Waals surface area contributed by atoms with Crippen molar-refractivity contribution in [3.05, 3.63) is 24.3 Å². The van der Waals surface area contributed by atoms with E-state index in [1.165, 1.54) is 263 Å². The van der Waals surface area contributed by atoms with E-state index in [-0.39, 0.29) is 18.5 Å². The normalized spacial score (nSPS) is 18.4. The van der Waals surface area contributed by atoms with Gasteiger partial charge in [0, 0.05) is 12.8 Å². The fourth-order valence-corrected chi connectivity index (χ4v) is 11.1. The fraction of sp³-hybridized carbons (Fsp3) is 0.913. The van der Waals surface area contributed by atoms with E-state index < -0.39 is 49.5 Å². The summed E-state index contributed by atoms with van der Waals surface area (Å²) in [6, 6.07) is -0.822. The van der Waals surface area contributed by atoms with Gasteiger partial charge in [-0.05, 0) is 44.9 Å². The highest BCUT2D eigenvalue weighted by Crippen LogP contribution is 2.23. The second-order valence-corrected chi connectivity index (χ2v) is 24.2. The summed E-state index contributed by atoms with van der Waals surface area (Å²) in [5.41, 5.74) is 0. The largest absolute Gasteiger partial charge is 0.466 e. The molecule has 1 aliphatic heterocycles. The Morgan fingerprint density at radius 1 is 0.450 bits per heavy atom. The molecule has 1 aliphatic rings. The zero-order valence-electron chi connectivity index (χ0n) is 52.3. The number of amides is 1. The topological polar surface area (TPSA) is 175 Å². The molecule has 7 unspecified atom stereocenters. The highest BCUT2D eigenvalue weighted by atomic mass is 16.7. The van der Waals surface area contributed by atoms with Crippen LogP contribution in [0.5, 0.6) is 0 Å². The van der Waals surface area contributed by atoms with E-state index in [9.17, 15) is 35.1 Å². The second kappa shape index (κ2) is 58.9. The lowest BCUT2D eigenvalue weighted by molar-refractivity contribution is -0.302. The van der Waals surface area contributed by atoms with Crippen molar-refractivity contribution in [3.8, 4) is 0 Å². The molecule has 7 atom stereocenters. The maximum atomic E-state index is 13.0. The minimum absolute atomic E-state index is 0.0126. The molecule has 0 aliphatic carbocycles. The number of allylic oxidation sites excluding steroid dienone is 3. The van der Waals surface area contributed by atoms with E-state index in [1.807, 2.05) is 6.08 Å². The summed E-state index contributed by atoms with van der Waals surface area (Å²) >= 11 is 0. The summed E-state index contributed by atoms with van der Waals surface area (Å²) in [6.45, 7) is 4.32. The van der Waals surface area contributed by atoms with Crippen molar-refractivity contribution in [1.29, 1.82) is 0 Å². The number of aliphatic hydroxyl groups is 5. The van der Waals surface area contributed by atoms with Gasteiger partial charge in [0.2, 0.25) is 5.91 Å². The summed E-state index contributed by atoms with van der Waals surface area (Å²) in [6.07, 6.45) is 63.3. The van der Waals surface area contributed by atoms with Crippen LogP contribution in [0.2, 0.25) is 0 Å². The van der Waals surface area contributed by atoms with Crippen LogP contribution in [-0.2, 0) is 23.8 Å². The van der Waals surface area contributed by atoms with Gasteiger partial charge in [-0.25, -0.2) is 0 Å². The predicted octanol–water partition coefficient (Wildman–Crippen LogP) is 17.2. The number of carbonyl (C=O) groups excluding carboxylic acids is 2. The number of unbranched alkanes of at least 4 members (excludes halogenated alkanes) is 45. The minimum Gasteiger partial charge on any atom is -0.466 e. The third kappa shape index (κ3) is 47.5. The third-order valence-corrected chi connectivity index (χ3v) is 16.6. The molecule has 6 N–H and O–H groups in total. The number of esters is 1. The lowest BCUT2D eigenvalue weighted by atomic mass is 9.99. The zero-order valence-corrected chi connectivity index (χ0v) is 52.3. The number of carbonyl (C=O) groups is 2. The van der Waals surface area contributed by atoms with Gasteiger partial charge in [0.05, 0.1) is 32.0 Å². The van der Waals surface area contributed by atoms with Gasteiger partial charge < -0.3 is 45.1 Å². The maximum absolute atomic E-state index is 13.0. The molecule has 0 spiro atoms. The predicted molar refractivity (Wildman–Crippen MR) is 334 cm³/mol. The molecule has 11 nitrogen and oxygen atoms in total. The molecule has 1 heterocycles. The quantitative estimate of drug-likeness (QED) is 0.0195. The molecule has 1 fully saturated rings. The molecule has 0 aromatic carbocycles. The van der Waals surface area contributed by atoms with Gasteiger partial charge in [0.25, 0.3) is 0 Å². The Labute approximate surface area is 492 Å². The third-order valence-electron chi connectivity index (χ3n) is 16.6. The molecule has 0 aromatic rings. The molecule has 472 valence electrons. The average molecular weight is 1130 g/mol. The Balaban J connectivity index is 1.92. The van der Waals surface area contributed by atoms with Crippen molar-refractivity contribution in [1.82, 2.24) is 5.32 Å². The highest BCUT2D eigenvalue weighted by Gasteiger charge is 2.44. The number of nitrogens with one attached hydrogen (secondary N) is 1. The molecule has 0 saturated carbocycles. The molecule has 11 heteroatoms. The van der Waals surface area contributed by atoms with Crippen LogP contribution >= 0.6 is 0 Å². The Kier molecular flexibility index (Phi) is 56.1. The van der Waals surface area contributed by atoms with Gasteiger partial charge in [0.1, 0.15) is 24.4 Å². The summed E-state index contributed by atoms with van der Waals surface area (Å²) < 4.78 is 16.7. The van der Waals surface area contributed by atoms with Crippen LogP contribution in [0.15, 0.2) is 24.3 Å². The van der Waals surface area contributed by atoms with Crippen LogP contribution < -0.4 is 5.32 Å². The van der Waals surface area contributed by atoms with Crippen LogP contribution in [0.3, 0.4) is 0 Å². The SMILES string of the molecule is CCCCCC/C=C/CC/C=C/C(O)C(COC1OC(CO)C(O)C(O)C1O)NC(=O)CCCCCCCCCCCCCCCCCCCCCCCCCCCCCCCCCOC(=O)CCCCCCCCCCCCC. The first-order chi connectivity index (χ1) is 39.2. The second-order valence-electron chi connectivity index (χ2n) is 24.2. The van der Waals surface area contributed by atoms with Gasteiger partial charge >= 0.3 is 5.97 Å². The lowest BCUT2D eigenvalue weighted by Crippen LogP contribution is -2.60. The van der Waals surface area contributed by atoms with Crippen LogP contribution in [0.25, 0.3) is 0 Å². The van der Waals surface area contributed by atoms with Gasteiger partial charge in [-0.15, -0.1) is 0 Å². The van der Waals surface area contributed by atoms with Crippen LogP contribution in [0.4, 0.5) is 0 Å². The first kappa shape index (κ1) is 76.2. The first-order valence-corrected chi connectivity index (χ1v) is 34.6. The number of ether oxygens (including phenoxy) is 3. The van der Waals surface area contributed by atoms with Gasteiger partial charge in [-0.3, -0.25) is 9.59 Å². The zero-order chi connectivity index (χ0) is 58.0. The molecular weight excluding hydrogens is 1000 g/mol. The van der Waals surface area contributed by atoms with E-state index in [1.54, 1.807) is 6.08 Å². The van der Waals surface area contributed by atoms with Crippen LogP contribution in [-0.4, -0.2) is 100 Å². The summed E-state index contributed by atoms with van der Waals surface area (Å²) in [4.78, 5) is 25.0.